The Morgan fingerprint density at radius 2 is 2.25 bits per heavy atom. The van der Waals surface area contributed by atoms with Crippen molar-refractivity contribution in [3.05, 3.63) is 41.5 Å². The first kappa shape index (κ1) is 16.0. The lowest BCUT2D eigenvalue weighted by Crippen LogP contribution is -2.51. The largest absolute Gasteiger partial charge is 0.490 e. The molecule has 0 radical (unpaired) electrons. The fraction of sp³-hybridized carbons (Fsp3) is 0.353. The Labute approximate surface area is 138 Å². The van der Waals surface area contributed by atoms with Crippen molar-refractivity contribution in [1.29, 1.82) is 5.26 Å². The van der Waals surface area contributed by atoms with Gasteiger partial charge in [0.15, 0.2) is 0 Å². The van der Waals surface area contributed by atoms with Crippen LogP contribution in [0.2, 0.25) is 0 Å². The Kier molecular flexibility index (Phi) is 4.23. The average Bonchev–Trinajstić information content (AvgIpc) is 2.57. The molecule has 3 atom stereocenters. The molecule has 0 bridgehead atoms. The van der Waals surface area contributed by atoms with Gasteiger partial charge in [0.25, 0.3) is 5.91 Å². The Hall–Kier alpha value is -2.85. The predicted octanol–water partition coefficient (Wildman–Crippen LogP) is 1.19. The third-order valence-electron chi connectivity index (χ3n) is 4.14. The third-order valence-corrected chi connectivity index (χ3v) is 4.14. The van der Waals surface area contributed by atoms with E-state index in [1.165, 1.54) is 11.0 Å². The highest BCUT2D eigenvalue weighted by atomic mass is 16.5. The number of amides is 1. The van der Waals surface area contributed by atoms with Crippen LogP contribution in [0.3, 0.4) is 0 Å². The number of likely N-dealkylation sites (N-methyl/N-ethyl adjacent to an activating group) is 1. The minimum atomic E-state index is -0.950. The molecule has 0 saturated heterocycles. The molecule has 0 saturated carbocycles. The van der Waals surface area contributed by atoms with Gasteiger partial charge < -0.3 is 19.5 Å². The Morgan fingerprint density at radius 1 is 1.46 bits per heavy atom. The van der Waals surface area contributed by atoms with Gasteiger partial charge in [-0.15, -0.1) is 0 Å². The van der Waals surface area contributed by atoms with E-state index in [4.69, 9.17) is 19.8 Å². The molecule has 1 amide bonds. The maximum absolute atomic E-state index is 12.7. The Morgan fingerprint density at radius 3 is 2.96 bits per heavy atom. The van der Waals surface area contributed by atoms with Crippen molar-refractivity contribution >= 4 is 11.9 Å². The number of carbonyl (C=O) groups excluding carboxylic acids is 1. The van der Waals surface area contributed by atoms with Gasteiger partial charge in [0, 0.05) is 7.05 Å². The number of carboxylic acids is 1. The number of nitrogens with zero attached hydrogens (tertiary/aromatic N) is 2. The van der Waals surface area contributed by atoms with Crippen molar-refractivity contribution < 1.29 is 24.2 Å². The molecule has 1 N–H and O–H groups in total. The summed E-state index contributed by atoms with van der Waals surface area (Å²) in [5.41, 5.74) is 0.712. The number of benzene rings is 1. The van der Waals surface area contributed by atoms with E-state index in [1.54, 1.807) is 31.3 Å². The molecule has 3 rings (SSSR count). The van der Waals surface area contributed by atoms with Crippen LogP contribution in [0.25, 0.3) is 0 Å². The highest BCUT2D eigenvalue weighted by molar-refractivity contribution is 5.97. The first-order valence-corrected chi connectivity index (χ1v) is 7.49. The molecule has 0 aromatic heterocycles. The average molecular weight is 328 g/mol. The van der Waals surface area contributed by atoms with Gasteiger partial charge in [0.2, 0.25) is 0 Å². The first-order valence-electron chi connectivity index (χ1n) is 7.49. The predicted molar refractivity (Wildman–Crippen MR) is 82.6 cm³/mol. The number of rotatable bonds is 2. The van der Waals surface area contributed by atoms with Crippen molar-refractivity contribution in [2.24, 2.45) is 0 Å². The molecule has 0 fully saturated rings. The summed E-state index contributed by atoms with van der Waals surface area (Å²) in [7, 11) is 1.65. The lowest BCUT2D eigenvalue weighted by molar-refractivity contribution is -0.141. The minimum Gasteiger partial charge on any atom is -0.490 e. The van der Waals surface area contributed by atoms with Crippen molar-refractivity contribution in [3.63, 3.8) is 0 Å². The Balaban J connectivity index is 1.91. The maximum atomic E-state index is 12.7. The second-order valence-corrected chi connectivity index (χ2v) is 5.74. The van der Waals surface area contributed by atoms with Gasteiger partial charge in [-0.25, -0.2) is 0 Å². The molecule has 7 nitrogen and oxygen atoms in total. The molecule has 7 heteroatoms. The van der Waals surface area contributed by atoms with Crippen molar-refractivity contribution in [2.75, 3.05) is 13.7 Å². The summed E-state index contributed by atoms with van der Waals surface area (Å²) in [6, 6.07) is 6.33. The highest BCUT2D eigenvalue weighted by Gasteiger charge is 2.36. The van der Waals surface area contributed by atoms with Crippen LogP contribution >= 0.6 is 0 Å². The Bertz CT molecular complexity index is 752. The number of hydrogen-bond donors (Lipinski definition) is 1. The van der Waals surface area contributed by atoms with Crippen LogP contribution in [0.15, 0.2) is 30.4 Å². The van der Waals surface area contributed by atoms with Gasteiger partial charge in [-0.3, -0.25) is 9.59 Å². The summed E-state index contributed by atoms with van der Waals surface area (Å²) in [5, 5.41) is 17.9. The van der Waals surface area contributed by atoms with Gasteiger partial charge in [0.1, 0.15) is 18.5 Å². The molecule has 0 unspecified atom stereocenters. The zero-order chi connectivity index (χ0) is 17.3. The molecular formula is C17H16N2O5. The summed E-state index contributed by atoms with van der Waals surface area (Å²) in [6.07, 6.45) is 2.29. The van der Waals surface area contributed by atoms with Crippen LogP contribution in [0.4, 0.5) is 0 Å². The van der Waals surface area contributed by atoms with E-state index >= 15 is 0 Å². The zero-order valence-corrected chi connectivity index (χ0v) is 13.0. The molecule has 124 valence electrons. The van der Waals surface area contributed by atoms with E-state index in [0.29, 0.717) is 16.9 Å². The van der Waals surface area contributed by atoms with E-state index in [0.717, 1.165) is 0 Å². The molecular weight excluding hydrogens is 312 g/mol. The van der Waals surface area contributed by atoms with Crippen LogP contribution in [0.1, 0.15) is 22.3 Å². The molecule has 2 aliphatic rings. The molecule has 0 aliphatic carbocycles. The third kappa shape index (κ3) is 2.96. The summed E-state index contributed by atoms with van der Waals surface area (Å²) in [4.78, 5) is 25.1. The molecule has 1 aromatic rings. The first-order chi connectivity index (χ1) is 11.5. The number of fused-ring (bicyclic) bond motifs is 2. The summed E-state index contributed by atoms with van der Waals surface area (Å²) >= 11 is 0. The monoisotopic (exact) mass is 328 g/mol. The van der Waals surface area contributed by atoms with Crippen LogP contribution in [-0.2, 0) is 9.53 Å². The highest BCUT2D eigenvalue weighted by Crippen LogP contribution is 2.29. The van der Waals surface area contributed by atoms with E-state index in [-0.39, 0.29) is 25.0 Å². The number of carbonyl (C=O) groups is 2. The number of ether oxygens (including phenoxy) is 2. The van der Waals surface area contributed by atoms with Crippen LogP contribution in [0, 0.1) is 11.3 Å². The van der Waals surface area contributed by atoms with E-state index < -0.39 is 18.2 Å². The van der Waals surface area contributed by atoms with Gasteiger partial charge >= 0.3 is 5.97 Å². The number of hydrogen-bond acceptors (Lipinski definition) is 5. The summed E-state index contributed by atoms with van der Waals surface area (Å²) in [5.74, 6) is -0.840. The van der Waals surface area contributed by atoms with Gasteiger partial charge in [-0.05, 0) is 18.2 Å². The van der Waals surface area contributed by atoms with E-state index in [2.05, 4.69) is 0 Å². The normalized spacial score (nSPS) is 25.6. The van der Waals surface area contributed by atoms with Crippen molar-refractivity contribution in [3.8, 4) is 11.8 Å². The SMILES string of the molecule is CN1C(=O)c2cc(C#N)ccc2OC[C@@H]2O[C@H](CC(=O)O)C=C[C@@H]21. The molecule has 2 heterocycles. The van der Waals surface area contributed by atoms with Crippen molar-refractivity contribution in [1.82, 2.24) is 4.90 Å². The maximum Gasteiger partial charge on any atom is 0.306 e. The fourth-order valence-corrected chi connectivity index (χ4v) is 2.91. The van der Waals surface area contributed by atoms with Crippen molar-refractivity contribution in [2.45, 2.75) is 24.7 Å². The smallest absolute Gasteiger partial charge is 0.306 e. The fourth-order valence-electron chi connectivity index (χ4n) is 2.91. The van der Waals surface area contributed by atoms with Crippen LogP contribution < -0.4 is 4.74 Å². The number of aliphatic carboxylic acids is 1. The second kappa shape index (κ2) is 6.34. The lowest BCUT2D eigenvalue weighted by Gasteiger charge is -2.39. The van der Waals surface area contributed by atoms with Gasteiger partial charge in [-0.1, -0.05) is 12.2 Å². The van der Waals surface area contributed by atoms with E-state index in [1.807, 2.05) is 6.07 Å². The second-order valence-electron chi connectivity index (χ2n) is 5.74. The van der Waals surface area contributed by atoms with E-state index in [9.17, 15) is 9.59 Å². The topological polar surface area (TPSA) is 99.9 Å². The lowest BCUT2D eigenvalue weighted by atomic mass is 10.0. The molecule has 0 spiro atoms. The standard InChI is InChI=1S/C17H16N2O5/c1-19-13-4-3-11(7-16(20)21)24-15(13)9-23-14-5-2-10(8-18)6-12(14)17(19)22/h2-6,11,13,15H,7,9H2,1H3,(H,20,21)/t11-,13-,15-/m0/s1. The quantitative estimate of drug-likeness (QED) is 0.819. The minimum absolute atomic E-state index is 0.139. The molecule has 1 aromatic carbocycles. The van der Waals surface area contributed by atoms with Crippen LogP contribution in [0.5, 0.6) is 5.75 Å². The molecule has 2 aliphatic heterocycles. The zero-order valence-electron chi connectivity index (χ0n) is 13.0. The molecule has 24 heavy (non-hydrogen) atoms. The van der Waals surface area contributed by atoms with Gasteiger partial charge in [-0.2, -0.15) is 5.26 Å². The number of carboxylic acid groups (broad SMARTS) is 1. The summed E-state index contributed by atoms with van der Waals surface area (Å²) in [6.45, 7) is 0.182. The number of nitriles is 1. The van der Waals surface area contributed by atoms with Gasteiger partial charge in [0.05, 0.1) is 35.8 Å². The summed E-state index contributed by atoms with van der Waals surface area (Å²) < 4.78 is 11.5. The van der Waals surface area contributed by atoms with Crippen LogP contribution in [-0.4, -0.2) is 53.8 Å².